The van der Waals surface area contributed by atoms with Crippen LogP contribution in [0.25, 0.3) is 10.9 Å². The average molecular weight is 429 g/mol. The molecule has 5 rings (SSSR count). The molecule has 4 aromatic rings. The maximum atomic E-state index is 13.4. The summed E-state index contributed by atoms with van der Waals surface area (Å²) >= 11 is 0. The van der Waals surface area contributed by atoms with E-state index in [1.165, 1.54) is 12.0 Å². The first-order valence-corrected chi connectivity index (χ1v) is 11.3. The number of fused-ring (bicyclic) bond motifs is 1. The van der Waals surface area contributed by atoms with Gasteiger partial charge in [0, 0.05) is 5.56 Å². The zero-order chi connectivity index (χ0) is 22.1. The second-order valence-corrected chi connectivity index (χ2v) is 8.70. The Balaban J connectivity index is 1.64. The lowest BCUT2D eigenvalue weighted by Crippen LogP contribution is -2.38. The third kappa shape index (κ3) is 3.84. The van der Waals surface area contributed by atoms with E-state index in [2.05, 4.69) is 63.5 Å². The highest BCUT2D eigenvalue weighted by molar-refractivity contribution is 5.83. The maximum Gasteiger partial charge on any atom is 0.253 e. The molecule has 1 aliphatic heterocycles. The third-order valence-corrected chi connectivity index (χ3v) is 6.61. The van der Waals surface area contributed by atoms with Crippen molar-refractivity contribution in [3.05, 3.63) is 87.0 Å². The molecule has 0 radical (unpaired) electrons. The third-order valence-electron chi connectivity index (χ3n) is 6.61. The van der Waals surface area contributed by atoms with Crippen LogP contribution in [0.3, 0.4) is 0 Å². The van der Waals surface area contributed by atoms with Gasteiger partial charge in [-0.1, -0.05) is 48.9 Å². The van der Waals surface area contributed by atoms with Crippen molar-refractivity contribution in [2.24, 2.45) is 0 Å². The Morgan fingerprint density at radius 2 is 1.81 bits per heavy atom. The number of aryl methyl sites for hydroxylation is 2. The van der Waals surface area contributed by atoms with Gasteiger partial charge in [-0.25, -0.2) is 4.68 Å². The van der Waals surface area contributed by atoms with Gasteiger partial charge < -0.3 is 4.98 Å². The summed E-state index contributed by atoms with van der Waals surface area (Å²) in [6, 6.07) is 16.1. The smallest absolute Gasteiger partial charge is 0.253 e. The standard InChI is InChI=1S/C25H28N6O/c1-17-11-12-20-15-21(25(32)26-22(20)18(17)2)23(30-13-7-4-8-14-30)24-27-28-29-31(24)16-19-9-5-3-6-10-19/h3,5-6,9-12,15,23H,4,7-8,13-14,16H2,1-2H3,(H,26,32)/t23-/m0/s1. The number of nitrogens with one attached hydrogen (secondary N) is 1. The van der Waals surface area contributed by atoms with E-state index in [0.717, 1.165) is 48.0 Å². The van der Waals surface area contributed by atoms with Crippen molar-refractivity contribution in [2.75, 3.05) is 13.1 Å². The molecule has 0 spiro atoms. The number of pyridine rings is 1. The van der Waals surface area contributed by atoms with Gasteiger partial charge in [0.1, 0.15) is 6.04 Å². The highest BCUT2D eigenvalue weighted by Gasteiger charge is 2.31. The van der Waals surface area contributed by atoms with E-state index >= 15 is 0 Å². The summed E-state index contributed by atoms with van der Waals surface area (Å²) in [7, 11) is 0. The molecule has 164 valence electrons. The highest BCUT2D eigenvalue weighted by Crippen LogP contribution is 2.30. The first kappa shape index (κ1) is 20.6. The number of tetrazole rings is 1. The van der Waals surface area contributed by atoms with Gasteiger partial charge in [0.25, 0.3) is 5.56 Å². The van der Waals surface area contributed by atoms with Crippen molar-refractivity contribution in [1.29, 1.82) is 0 Å². The number of rotatable bonds is 5. The summed E-state index contributed by atoms with van der Waals surface area (Å²) in [4.78, 5) is 18.9. The molecule has 3 heterocycles. The topological polar surface area (TPSA) is 79.7 Å². The molecule has 7 heteroatoms. The SMILES string of the molecule is Cc1ccc2cc([C@@H](c3nnnn3Cc3ccccc3)N3CCCCC3)c(=O)[nH]c2c1C. The van der Waals surface area contributed by atoms with Crippen LogP contribution in [-0.4, -0.2) is 43.2 Å². The molecule has 2 aromatic carbocycles. The highest BCUT2D eigenvalue weighted by atomic mass is 16.1. The predicted octanol–water partition coefficient (Wildman–Crippen LogP) is 3.76. The summed E-state index contributed by atoms with van der Waals surface area (Å²) in [5.41, 5.74) is 4.93. The van der Waals surface area contributed by atoms with E-state index in [-0.39, 0.29) is 11.6 Å². The van der Waals surface area contributed by atoms with Gasteiger partial charge in [0.15, 0.2) is 5.82 Å². The van der Waals surface area contributed by atoms with Crippen molar-refractivity contribution < 1.29 is 0 Å². The Kier molecular flexibility index (Phi) is 5.57. The molecule has 1 aliphatic rings. The predicted molar refractivity (Wildman–Crippen MR) is 125 cm³/mol. The second kappa shape index (κ2) is 8.67. The molecule has 0 amide bonds. The summed E-state index contributed by atoms with van der Waals surface area (Å²) in [6.07, 6.45) is 3.44. The Morgan fingerprint density at radius 3 is 2.59 bits per heavy atom. The summed E-state index contributed by atoms with van der Waals surface area (Å²) in [5.74, 6) is 0.712. The van der Waals surface area contributed by atoms with E-state index < -0.39 is 0 Å². The lowest BCUT2D eigenvalue weighted by Gasteiger charge is -2.33. The fourth-order valence-electron chi connectivity index (χ4n) is 4.70. The van der Waals surface area contributed by atoms with Crippen LogP contribution in [0.1, 0.15) is 53.4 Å². The van der Waals surface area contributed by atoms with Crippen molar-refractivity contribution in [3.63, 3.8) is 0 Å². The van der Waals surface area contributed by atoms with Crippen LogP contribution in [0.4, 0.5) is 0 Å². The number of H-pyrrole nitrogens is 1. The average Bonchev–Trinajstić information content (AvgIpc) is 3.26. The summed E-state index contributed by atoms with van der Waals surface area (Å²) in [6.45, 7) is 6.53. The number of likely N-dealkylation sites (tertiary alicyclic amines) is 1. The largest absolute Gasteiger partial charge is 0.321 e. The van der Waals surface area contributed by atoms with Crippen molar-refractivity contribution in [3.8, 4) is 0 Å². The lowest BCUT2D eigenvalue weighted by molar-refractivity contribution is 0.177. The van der Waals surface area contributed by atoms with Gasteiger partial charge in [-0.05, 0) is 78.3 Å². The quantitative estimate of drug-likeness (QED) is 0.524. The number of piperidine rings is 1. The van der Waals surface area contributed by atoms with Gasteiger partial charge in [0.2, 0.25) is 0 Å². The minimum absolute atomic E-state index is 0.0731. The summed E-state index contributed by atoms with van der Waals surface area (Å²) in [5, 5.41) is 13.7. The Bertz CT molecular complexity index is 1290. The maximum absolute atomic E-state index is 13.4. The number of aromatic nitrogens is 5. The number of benzene rings is 2. The lowest BCUT2D eigenvalue weighted by atomic mass is 9.98. The van der Waals surface area contributed by atoms with E-state index in [4.69, 9.17) is 0 Å². The van der Waals surface area contributed by atoms with Crippen LogP contribution in [0.5, 0.6) is 0 Å². The van der Waals surface area contributed by atoms with E-state index in [0.29, 0.717) is 17.9 Å². The number of hydrogen-bond acceptors (Lipinski definition) is 5. The van der Waals surface area contributed by atoms with Crippen molar-refractivity contribution in [2.45, 2.75) is 45.7 Å². The number of nitrogens with zero attached hydrogens (tertiary/aromatic N) is 5. The molecule has 0 saturated carbocycles. The van der Waals surface area contributed by atoms with Gasteiger partial charge in [-0.3, -0.25) is 9.69 Å². The zero-order valence-electron chi connectivity index (χ0n) is 18.6. The molecule has 0 unspecified atom stereocenters. The minimum atomic E-state index is -0.288. The first-order valence-electron chi connectivity index (χ1n) is 11.3. The molecule has 7 nitrogen and oxygen atoms in total. The van der Waals surface area contributed by atoms with Crippen LogP contribution in [0.2, 0.25) is 0 Å². The molecule has 1 saturated heterocycles. The monoisotopic (exact) mass is 428 g/mol. The Hall–Kier alpha value is -3.32. The van der Waals surface area contributed by atoms with Gasteiger partial charge >= 0.3 is 0 Å². The Morgan fingerprint density at radius 1 is 1.03 bits per heavy atom. The van der Waals surface area contributed by atoms with Gasteiger partial charge in [-0.2, -0.15) is 0 Å². The molecule has 0 aliphatic carbocycles. The Labute approximate surface area is 187 Å². The molecule has 1 atom stereocenters. The van der Waals surface area contributed by atoms with Crippen molar-refractivity contribution >= 4 is 10.9 Å². The van der Waals surface area contributed by atoms with Crippen LogP contribution in [-0.2, 0) is 6.54 Å². The van der Waals surface area contributed by atoms with Crippen LogP contribution >= 0.6 is 0 Å². The minimum Gasteiger partial charge on any atom is -0.321 e. The molecule has 1 fully saturated rings. The van der Waals surface area contributed by atoms with Gasteiger partial charge in [0.05, 0.1) is 12.1 Å². The van der Waals surface area contributed by atoms with Crippen molar-refractivity contribution in [1.82, 2.24) is 30.1 Å². The summed E-state index contributed by atoms with van der Waals surface area (Å²) < 4.78 is 1.83. The van der Waals surface area contributed by atoms with Gasteiger partial charge in [-0.15, -0.1) is 5.10 Å². The normalized spacial score (nSPS) is 15.8. The molecule has 0 bridgehead atoms. The van der Waals surface area contributed by atoms with Crippen LogP contribution in [0.15, 0.2) is 53.3 Å². The zero-order valence-corrected chi connectivity index (χ0v) is 18.6. The van der Waals surface area contributed by atoms with E-state index in [1.807, 2.05) is 28.9 Å². The molecular weight excluding hydrogens is 400 g/mol. The number of aromatic amines is 1. The molecule has 2 aromatic heterocycles. The first-order chi connectivity index (χ1) is 15.6. The van der Waals surface area contributed by atoms with E-state index in [1.54, 1.807) is 0 Å². The van der Waals surface area contributed by atoms with E-state index in [9.17, 15) is 4.79 Å². The van der Waals surface area contributed by atoms with Crippen LogP contribution in [0, 0.1) is 13.8 Å². The number of hydrogen-bond donors (Lipinski definition) is 1. The fraction of sp³-hybridized carbons (Fsp3) is 0.360. The molecular formula is C25H28N6O. The van der Waals surface area contributed by atoms with Crippen LogP contribution < -0.4 is 5.56 Å². The molecule has 1 N–H and O–H groups in total. The fourth-order valence-corrected chi connectivity index (χ4v) is 4.70. The molecule has 32 heavy (non-hydrogen) atoms. The second-order valence-electron chi connectivity index (χ2n) is 8.70.